The van der Waals surface area contributed by atoms with Crippen LogP contribution in [0.3, 0.4) is 0 Å². The Morgan fingerprint density at radius 1 is 1.17 bits per heavy atom. The average Bonchev–Trinajstić information content (AvgIpc) is 2.56. The molecule has 5 nitrogen and oxygen atoms in total. The first-order chi connectivity index (χ1) is 11.1. The Morgan fingerprint density at radius 2 is 1.83 bits per heavy atom. The largest absolute Gasteiger partial charge is 0.490 e. The lowest BCUT2D eigenvalue weighted by Crippen LogP contribution is -1.97. The van der Waals surface area contributed by atoms with Gasteiger partial charge in [-0.2, -0.15) is 5.26 Å². The van der Waals surface area contributed by atoms with Crippen LogP contribution < -0.4 is 9.47 Å². The second-order valence-electron chi connectivity index (χ2n) is 4.53. The number of carbonyl (C=O) groups is 1. The van der Waals surface area contributed by atoms with Crippen LogP contribution in [0.4, 0.5) is 0 Å². The number of benzene rings is 2. The van der Waals surface area contributed by atoms with Gasteiger partial charge in [0, 0.05) is 0 Å². The average molecular weight is 309 g/mol. The number of carboxylic acids is 1. The van der Waals surface area contributed by atoms with E-state index in [4.69, 9.17) is 19.8 Å². The highest BCUT2D eigenvalue weighted by molar-refractivity contribution is 5.96. The van der Waals surface area contributed by atoms with Crippen molar-refractivity contribution in [3.05, 3.63) is 59.7 Å². The van der Waals surface area contributed by atoms with E-state index in [-0.39, 0.29) is 5.57 Å². The summed E-state index contributed by atoms with van der Waals surface area (Å²) in [6, 6.07) is 15.7. The first-order valence-corrected chi connectivity index (χ1v) is 6.99. The molecule has 116 valence electrons. The van der Waals surface area contributed by atoms with E-state index in [0.717, 1.165) is 0 Å². The molecule has 2 aromatic carbocycles. The van der Waals surface area contributed by atoms with Crippen molar-refractivity contribution in [1.29, 1.82) is 5.26 Å². The van der Waals surface area contributed by atoms with E-state index in [9.17, 15) is 4.79 Å². The summed E-state index contributed by atoms with van der Waals surface area (Å²) in [4.78, 5) is 10.8. The van der Waals surface area contributed by atoms with Gasteiger partial charge in [-0.1, -0.05) is 24.3 Å². The zero-order chi connectivity index (χ0) is 16.7. The predicted molar refractivity (Wildman–Crippen MR) is 85.4 cm³/mol. The van der Waals surface area contributed by atoms with E-state index in [1.54, 1.807) is 36.4 Å². The van der Waals surface area contributed by atoms with Crippen molar-refractivity contribution in [3.63, 3.8) is 0 Å². The Kier molecular flexibility index (Phi) is 5.37. The number of aliphatic carboxylic acids is 1. The van der Waals surface area contributed by atoms with Crippen molar-refractivity contribution in [2.45, 2.75) is 6.92 Å². The predicted octanol–water partition coefficient (Wildman–Crippen LogP) is 3.87. The highest BCUT2D eigenvalue weighted by Gasteiger charge is 2.07. The maximum Gasteiger partial charge on any atom is 0.346 e. The summed E-state index contributed by atoms with van der Waals surface area (Å²) < 4.78 is 11.3. The van der Waals surface area contributed by atoms with E-state index < -0.39 is 5.97 Å². The van der Waals surface area contributed by atoms with Crippen molar-refractivity contribution in [3.8, 4) is 23.3 Å². The normalized spacial score (nSPS) is 10.7. The third-order valence-electron chi connectivity index (χ3n) is 2.92. The van der Waals surface area contributed by atoms with Gasteiger partial charge in [0.05, 0.1) is 6.61 Å². The van der Waals surface area contributed by atoms with Gasteiger partial charge in [0.2, 0.25) is 0 Å². The Labute approximate surface area is 134 Å². The zero-order valence-electron chi connectivity index (χ0n) is 12.5. The number of nitrogens with zero attached hydrogens (tertiary/aromatic N) is 1. The van der Waals surface area contributed by atoms with Crippen LogP contribution in [0.15, 0.2) is 54.1 Å². The molecule has 1 N–H and O–H groups in total. The van der Waals surface area contributed by atoms with E-state index >= 15 is 0 Å². The molecule has 0 fully saturated rings. The number of hydrogen-bond donors (Lipinski definition) is 1. The number of nitriles is 1. The Morgan fingerprint density at radius 3 is 2.39 bits per heavy atom. The second-order valence-corrected chi connectivity index (χ2v) is 4.53. The summed E-state index contributed by atoms with van der Waals surface area (Å²) in [5.74, 6) is 0.583. The van der Waals surface area contributed by atoms with Crippen LogP contribution in [0.1, 0.15) is 12.5 Å². The van der Waals surface area contributed by atoms with Gasteiger partial charge in [0.25, 0.3) is 0 Å². The molecule has 5 heteroatoms. The summed E-state index contributed by atoms with van der Waals surface area (Å²) in [5.41, 5.74) is 0.287. The molecule has 0 unspecified atom stereocenters. The van der Waals surface area contributed by atoms with Crippen LogP contribution in [0.2, 0.25) is 0 Å². The second kappa shape index (κ2) is 7.66. The molecule has 0 aliphatic carbocycles. The summed E-state index contributed by atoms with van der Waals surface area (Å²) in [6.45, 7) is 2.43. The molecule has 0 spiro atoms. The molecule has 0 heterocycles. The van der Waals surface area contributed by atoms with Crippen molar-refractivity contribution in [2.24, 2.45) is 0 Å². The molecular formula is C18H15NO4. The summed E-state index contributed by atoms with van der Waals surface area (Å²) in [5, 5.41) is 17.6. The van der Waals surface area contributed by atoms with Gasteiger partial charge < -0.3 is 14.6 Å². The molecule has 2 rings (SSSR count). The van der Waals surface area contributed by atoms with Crippen LogP contribution >= 0.6 is 0 Å². The first kappa shape index (κ1) is 16.1. The molecule has 0 saturated heterocycles. The molecule has 23 heavy (non-hydrogen) atoms. The molecule has 0 aliphatic rings. The lowest BCUT2D eigenvalue weighted by molar-refractivity contribution is -0.132. The van der Waals surface area contributed by atoms with Gasteiger partial charge in [-0.25, -0.2) is 4.79 Å². The molecule has 0 saturated carbocycles. The fourth-order valence-electron chi connectivity index (χ4n) is 1.88. The van der Waals surface area contributed by atoms with Crippen LogP contribution in [0, 0.1) is 11.3 Å². The summed E-state index contributed by atoms with van der Waals surface area (Å²) >= 11 is 0. The number of rotatable bonds is 6. The fraction of sp³-hybridized carbons (Fsp3) is 0.111. The smallest absolute Gasteiger partial charge is 0.346 e. The quantitative estimate of drug-likeness (QED) is 0.647. The van der Waals surface area contributed by atoms with E-state index in [1.165, 1.54) is 6.08 Å². The minimum atomic E-state index is -1.25. The molecular weight excluding hydrogens is 294 g/mol. The topological polar surface area (TPSA) is 79.5 Å². The van der Waals surface area contributed by atoms with Crippen molar-refractivity contribution in [2.75, 3.05) is 6.61 Å². The molecule has 2 aromatic rings. The first-order valence-electron chi connectivity index (χ1n) is 6.99. The van der Waals surface area contributed by atoms with E-state index in [2.05, 4.69) is 0 Å². The SMILES string of the molecule is CCOc1ccccc1Oc1ccc(C=C(C#N)C(=O)O)cc1. The lowest BCUT2D eigenvalue weighted by Gasteiger charge is -2.11. The highest BCUT2D eigenvalue weighted by atomic mass is 16.5. The molecule has 0 atom stereocenters. The van der Waals surface area contributed by atoms with Gasteiger partial charge >= 0.3 is 5.97 Å². The Hall–Kier alpha value is -3.26. The van der Waals surface area contributed by atoms with Gasteiger partial charge in [-0.3, -0.25) is 0 Å². The number of para-hydroxylation sites is 2. The Bertz CT molecular complexity index is 757. The molecule has 0 aliphatic heterocycles. The van der Waals surface area contributed by atoms with Gasteiger partial charge in [-0.05, 0) is 42.8 Å². The minimum absolute atomic E-state index is 0.319. The monoisotopic (exact) mass is 309 g/mol. The number of hydrogen-bond acceptors (Lipinski definition) is 4. The molecule has 0 amide bonds. The molecule has 0 radical (unpaired) electrons. The van der Waals surface area contributed by atoms with Crippen molar-refractivity contribution >= 4 is 12.0 Å². The third-order valence-corrected chi connectivity index (χ3v) is 2.92. The van der Waals surface area contributed by atoms with Gasteiger partial charge in [0.15, 0.2) is 11.5 Å². The maximum atomic E-state index is 10.8. The summed E-state index contributed by atoms with van der Waals surface area (Å²) in [6.07, 6.45) is 1.31. The Balaban J connectivity index is 2.18. The van der Waals surface area contributed by atoms with Crippen LogP contribution in [-0.4, -0.2) is 17.7 Å². The van der Waals surface area contributed by atoms with Crippen molar-refractivity contribution < 1.29 is 19.4 Å². The maximum absolute atomic E-state index is 10.8. The third kappa shape index (κ3) is 4.35. The standard InChI is InChI=1S/C18H15NO4/c1-2-22-16-5-3-4-6-17(16)23-15-9-7-13(8-10-15)11-14(12-19)18(20)21/h3-11H,2H2,1H3,(H,20,21). The molecule has 0 aromatic heterocycles. The highest BCUT2D eigenvalue weighted by Crippen LogP contribution is 2.31. The van der Waals surface area contributed by atoms with Crippen LogP contribution in [-0.2, 0) is 4.79 Å². The summed E-state index contributed by atoms with van der Waals surface area (Å²) in [7, 11) is 0. The molecule has 0 bridgehead atoms. The lowest BCUT2D eigenvalue weighted by atomic mass is 10.1. The van der Waals surface area contributed by atoms with Crippen LogP contribution in [0.25, 0.3) is 6.08 Å². The van der Waals surface area contributed by atoms with Crippen molar-refractivity contribution in [1.82, 2.24) is 0 Å². The minimum Gasteiger partial charge on any atom is -0.490 e. The zero-order valence-corrected chi connectivity index (χ0v) is 12.5. The van der Waals surface area contributed by atoms with Gasteiger partial charge in [0.1, 0.15) is 17.4 Å². The fourth-order valence-corrected chi connectivity index (χ4v) is 1.88. The van der Waals surface area contributed by atoms with E-state index in [0.29, 0.717) is 29.4 Å². The van der Waals surface area contributed by atoms with Crippen LogP contribution in [0.5, 0.6) is 17.2 Å². The van der Waals surface area contributed by atoms with E-state index in [1.807, 2.05) is 25.1 Å². The number of ether oxygens (including phenoxy) is 2. The van der Waals surface area contributed by atoms with Gasteiger partial charge in [-0.15, -0.1) is 0 Å². The number of carboxylic acid groups (broad SMARTS) is 1.